The average Bonchev–Trinajstić information content (AvgIpc) is 2.68. The number of hydrazone groups is 1. The number of aryl methyl sites for hydroxylation is 1. The number of benzene rings is 2. The molecule has 0 bridgehead atoms. The van der Waals surface area contributed by atoms with Crippen molar-refractivity contribution in [3.8, 4) is 11.5 Å². The Bertz CT molecular complexity index is 801. The third kappa shape index (κ3) is 4.83. The van der Waals surface area contributed by atoms with Gasteiger partial charge in [-0.05, 0) is 36.2 Å². The Morgan fingerprint density at radius 1 is 1.04 bits per heavy atom. The lowest BCUT2D eigenvalue weighted by Gasteiger charge is -2.09. The lowest BCUT2D eigenvalue weighted by molar-refractivity contribution is -0.136. The van der Waals surface area contributed by atoms with Crippen molar-refractivity contribution < 1.29 is 19.1 Å². The minimum Gasteiger partial charge on any atom is -0.493 e. The van der Waals surface area contributed by atoms with Crippen LogP contribution in [0.1, 0.15) is 18.1 Å². The minimum absolute atomic E-state index is 0.480. The van der Waals surface area contributed by atoms with Crippen molar-refractivity contribution in [3.05, 3.63) is 53.6 Å². The highest BCUT2D eigenvalue weighted by atomic mass is 16.5. The second kappa shape index (κ2) is 9.22. The van der Waals surface area contributed by atoms with Crippen LogP contribution in [0.25, 0.3) is 0 Å². The van der Waals surface area contributed by atoms with Gasteiger partial charge < -0.3 is 14.8 Å². The summed E-state index contributed by atoms with van der Waals surface area (Å²) in [5, 5.41) is 6.31. The Morgan fingerprint density at radius 3 is 2.38 bits per heavy atom. The molecule has 2 N–H and O–H groups in total. The van der Waals surface area contributed by atoms with Gasteiger partial charge in [0, 0.05) is 11.3 Å². The quantitative estimate of drug-likeness (QED) is 0.473. The Labute approximate surface area is 152 Å². The summed E-state index contributed by atoms with van der Waals surface area (Å²) in [7, 11) is 3.03. The summed E-state index contributed by atoms with van der Waals surface area (Å²) in [6.45, 7) is 2.04. The molecule has 0 aliphatic rings. The molecule has 26 heavy (non-hydrogen) atoms. The molecule has 2 amide bonds. The zero-order valence-corrected chi connectivity index (χ0v) is 14.9. The number of rotatable bonds is 6. The summed E-state index contributed by atoms with van der Waals surface area (Å²) < 4.78 is 10.4. The monoisotopic (exact) mass is 355 g/mol. The zero-order valence-electron chi connectivity index (χ0n) is 14.9. The van der Waals surface area contributed by atoms with Gasteiger partial charge in [0.25, 0.3) is 0 Å². The van der Waals surface area contributed by atoms with E-state index in [0.717, 1.165) is 12.0 Å². The van der Waals surface area contributed by atoms with E-state index >= 15 is 0 Å². The Balaban J connectivity index is 1.97. The fourth-order valence-corrected chi connectivity index (χ4v) is 2.24. The summed E-state index contributed by atoms with van der Waals surface area (Å²) in [6, 6.07) is 12.5. The number of carbonyl (C=O) groups is 2. The molecule has 0 aromatic heterocycles. The van der Waals surface area contributed by atoms with Crippen molar-refractivity contribution >= 4 is 23.7 Å². The van der Waals surface area contributed by atoms with Gasteiger partial charge in [-0.3, -0.25) is 9.59 Å². The van der Waals surface area contributed by atoms with Crippen molar-refractivity contribution in [1.82, 2.24) is 5.43 Å². The highest BCUT2D eigenvalue weighted by molar-refractivity contribution is 6.39. The third-order valence-corrected chi connectivity index (χ3v) is 3.63. The lowest BCUT2D eigenvalue weighted by Crippen LogP contribution is -2.32. The molecule has 0 radical (unpaired) electrons. The van der Waals surface area contributed by atoms with Gasteiger partial charge in [0.05, 0.1) is 20.4 Å². The number of anilines is 1. The predicted octanol–water partition coefficient (Wildman–Crippen LogP) is 2.36. The Morgan fingerprint density at radius 2 is 1.77 bits per heavy atom. The summed E-state index contributed by atoms with van der Waals surface area (Å²) in [5.74, 6) is -0.656. The molecule has 0 atom stereocenters. The van der Waals surface area contributed by atoms with E-state index in [9.17, 15) is 9.59 Å². The standard InChI is InChI=1S/C19H21N3O4/c1-4-13-8-10-15(11-9-13)21-18(23)19(24)22-20-12-14-6-5-7-16(25-2)17(14)26-3/h5-12H,4H2,1-3H3,(H,21,23)(H,22,24)/b20-12-. The number of nitrogens with one attached hydrogen (secondary N) is 2. The van der Waals surface area contributed by atoms with Crippen LogP contribution in [-0.4, -0.2) is 32.2 Å². The minimum atomic E-state index is -0.873. The molecule has 0 aliphatic heterocycles. The van der Waals surface area contributed by atoms with Crippen molar-refractivity contribution in [2.45, 2.75) is 13.3 Å². The zero-order chi connectivity index (χ0) is 18.9. The van der Waals surface area contributed by atoms with Crippen molar-refractivity contribution in [2.75, 3.05) is 19.5 Å². The highest BCUT2D eigenvalue weighted by Gasteiger charge is 2.13. The van der Waals surface area contributed by atoms with E-state index < -0.39 is 11.8 Å². The molecule has 136 valence electrons. The van der Waals surface area contributed by atoms with E-state index in [1.165, 1.54) is 20.4 Å². The van der Waals surface area contributed by atoms with E-state index in [-0.39, 0.29) is 0 Å². The first kappa shape index (κ1) is 19.0. The molecule has 2 rings (SSSR count). The van der Waals surface area contributed by atoms with Gasteiger partial charge in [-0.15, -0.1) is 0 Å². The highest BCUT2D eigenvalue weighted by Crippen LogP contribution is 2.29. The maximum atomic E-state index is 11.9. The molecule has 0 unspecified atom stereocenters. The fourth-order valence-electron chi connectivity index (χ4n) is 2.24. The van der Waals surface area contributed by atoms with E-state index in [4.69, 9.17) is 9.47 Å². The largest absolute Gasteiger partial charge is 0.493 e. The number of amides is 2. The number of nitrogens with zero attached hydrogens (tertiary/aromatic N) is 1. The number of carbonyl (C=O) groups excluding carboxylic acids is 2. The molecule has 7 heteroatoms. The van der Waals surface area contributed by atoms with Crippen LogP contribution in [0.15, 0.2) is 47.6 Å². The Kier molecular flexibility index (Phi) is 6.73. The number of hydrogen-bond donors (Lipinski definition) is 2. The van der Waals surface area contributed by atoms with Crippen molar-refractivity contribution in [1.29, 1.82) is 0 Å². The topological polar surface area (TPSA) is 89.0 Å². The Hall–Kier alpha value is -3.35. The van der Waals surface area contributed by atoms with E-state index in [2.05, 4.69) is 15.8 Å². The number of para-hydroxylation sites is 1. The second-order valence-corrected chi connectivity index (χ2v) is 5.29. The smallest absolute Gasteiger partial charge is 0.329 e. The normalized spacial score (nSPS) is 10.4. The fraction of sp³-hybridized carbons (Fsp3) is 0.211. The SMILES string of the molecule is CCc1ccc(NC(=O)C(=O)N/N=C\c2cccc(OC)c2OC)cc1. The molecule has 2 aromatic carbocycles. The van der Waals surface area contributed by atoms with Crippen LogP contribution >= 0.6 is 0 Å². The molecular weight excluding hydrogens is 334 g/mol. The first-order valence-electron chi connectivity index (χ1n) is 8.03. The second-order valence-electron chi connectivity index (χ2n) is 5.29. The molecule has 0 spiro atoms. The summed E-state index contributed by atoms with van der Waals surface area (Å²) in [6.07, 6.45) is 2.28. The van der Waals surface area contributed by atoms with Crippen molar-refractivity contribution in [2.24, 2.45) is 5.10 Å². The molecule has 0 saturated heterocycles. The summed E-state index contributed by atoms with van der Waals surface area (Å²) in [5.41, 5.74) is 4.47. The number of hydrogen-bond acceptors (Lipinski definition) is 5. The van der Waals surface area contributed by atoms with Crippen molar-refractivity contribution in [3.63, 3.8) is 0 Å². The van der Waals surface area contributed by atoms with Crippen LogP contribution in [0, 0.1) is 0 Å². The molecule has 0 fully saturated rings. The maximum Gasteiger partial charge on any atom is 0.329 e. The summed E-state index contributed by atoms with van der Waals surface area (Å²) in [4.78, 5) is 23.7. The van der Waals surface area contributed by atoms with Gasteiger partial charge in [-0.25, -0.2) is 5.43 Å². The van der Waals surface area contributed by atoms with E-state index in [1.54, 1.807) is 30.3 Å². The van der Waals surface area contributed by atoms with Gasteiger partial charge in [0.15, 0.2) is 11.5 Å². The van der Waals surface area contributed by atoms with Crippen LogP contribution in [0.2, 0.25) is 0 Å². The third-order valence-electron chi connectivity index (χ3n) is 3.63. The van der Waals surface area contributed by atoms with Gasteiger partial charge in [-0.1, -0.05) is 25.1 Å². The summed E-state index contributed by atoms with van der Waals surface area (Å²) >= 11 is 0. The van der Waals surface area contributed by atoms with Crippen LogP contribution in [0.4, 0.5) is 5.69 Å². The van der Waals surface area contributed by atoms with Gasteiger partial charge in [-0.2, -0.15) is 5.10 Å². The average molecular weight is 355 g/mol. The molecule has 0 aliphatic carbocycles. The lowest BCUT2D eigenvalue weighted by atomic mass is 10.1. The van der Waals surface area contributed by atoms with Crippen LogP contribution in [0.5, 0.6) is 11.5 Å². The maximum absolute atomic E-state index is 11.9. The van der Waals surface area contributed by atoms with E-state index in [0.29, 0.717) is 22.7 Å². The first-order chi connectivity index (χ1) is 12.6. The number of ether oxygens (including phenoxy) is 2. The predicted molar refractivity (Wildman–Crippen MR) is 99.7 cm³/mol. The van der Waals surface area contributed by atoms with Crippen LogP contribution in [-0.2, 0) is 16.0 Å². The van der Waals surface area contributed by atoms with Gasteiger partial charge >= 0.3 is 11.8 Å². The van der Waals surface area contributed by atoms with Gasteiger partial charge in [0.1, 0.15) is 0 Å². The molecule has 0 saturated carbocycles. The molecule has 7 nitrogen and oxygen atoms in total. The van der Waals surface area contributed by atoms with E-state index in [1.807, 2.05) is 19.1 Å². The molecular formula is C19H21N3O4. The first-order valence-corrected chi connectivity index (χ1v) is 8.03. The van der Waals surface area contributed by atoms with Crippen LogP contribution < -0.4 is 20.2 Å². The molecule has 0 heterocycles. The van der Waals surface area contributed by atoms with Gasteiger partial charge in [0.2, 0.25) is 0 Å². The number of methoxy groups -OCH3 is 2. The van der Waals surface area contributed by atoms with Crippen LogP contribution in [0.3, 0.4) is 0 Å². The molecule has 2 aromatic rings.